The quantitative estimate of drug-likeness (QED) is 0.829. The van der Waals surface area contributed by atoms with Crippen LogP contribution in [0, 0.1) is 5.41 Å². The average molecular weight is 264 g/mol. The van der Waals surface area contributed by atoms with Gasteiger partial charge in [-0.3, -0.25) is 0 Å². The first-order chi connectivity index (χ1) is 8.80. The number of ether oxygens (including phenoxy) is 1. The van der Waals surface area contributed by atoms with Crippen molar-refractivity contribution >= 4 is 0 Å². The van der Waals surface area contributed by atoms with Crippen LogP contribution in [0.15, 0.2) is 18.2 Å². The summed E-state index contributed by atoms with van der Waals surface area (Å²) in [6, 6.07) is 6.27. The molecule has 0 aliphatic rings. The van der Waals surface area contributed by atoms with Crippen molar-refractivity contribution < 1.29 is 4.74 Å². The van der Waals surface area contributed by atoms with Gasteiger partial charge in [-0.05, 0) is 35.9 Å². The second-order valence-electron chi connectivity index (χ2n) is 6.34. The first-order valence-electron chi connectivity index (χ1n) is 6.94. The molecule has 0 radical (unpaired) electrons. The highest BCUT2D eigenvalue weighted by molar-refractivity contribution is 5.40. The van der Waals surface area contributed by atoms with Gasteiger partial charge in [-0.1, -0.05) is 39.8 Å². The average Bonchev–Trinajstić information content (AvgIpc) is 2.37. The van der Waals surface area contributed by atoms with E-state index in [1.54, 1.807) is 7.11 Å². The zero-order valence-electron chi connectivity index (χ0n) is 12.9. The minimum absolute atomic E-state index is 0.0428. The highest BCUT2D eigenvalue weighted by Crippen LogP contribution is 2.34. The summed E-state index contributed by atoms with van der Waals surface area (Å²) in [5.41, 5.74) is 14.5. The number of hydrogen-bond acceptors (Lipinski definition) is 3. The zero-order chi connectivity index (χ0) is 14.6. The van der Waals surface area contributed by atoms with E-state index in [2.05, 4.69) is 45.9 Å². The van der Waals surface area contributed by atoms with Crippen molar-refractivity contribution in [1.29, 1.82) is 0 Å². The van der Waals surface area contributed by atoms with Crippen LogP contribution in [0.4, 0.5) is 0 Å². The Labute approximate surface area is 117 Å². The number of hydrogen-bond donors (Lipinski definition) is 2. The molecule has 0 saturated heterocycles. The molecule has 0 heterocycles. The van der Waals surface area contributed by atoms with Crippen LogP contribution in [-0.4, -0.2) is 13.7 Å². The van der Waals surface area contributed by atoms with E-state index in [4.69, 9.17) is 16.2 Å². The Bertz CT molecular complexity index is 413. The molecule has 0 fully saturated rings. The maximum Gasteiger partial charge on any atom is 0.123 e. The fourth-order valence-corrected chi connectivity index (χ4v) is 2.18. The lowest BCUT2D eigenvalue weighted by Gasteiger charge is -2.27. The molecule has 1 aromatic rings. The number of rotatable bonds is 6. The molecule has 19 heavy (non-hydrogen) atoms. The van der Waals surface area contributed by atoms with Gasteiger partial charge in [-0.2, -0.15) is 0 Å². The summed E-state index contributed by atoms with van der Waals surface area (Å²) in [7, 11) is 1.70. The van der Waals surface area contributed by atoms with Crippen LogP contribution < -0.4 is 16.2 Å². The van der Waals surface area contributed by atoms with Crippen molar-refractivity contribution in [3.05, 3.63) is 29.3 Å². The van der Waals surface area contributed by atoms with Crippen molar-refractivity contribution in [2.45, 2.75) is 46.1 Å². The van der Waals surface area contributed by atoms with Crippen molar-refractivity contribution in [3.63, 3.8) is 0 Å². The molecule has 0 saturated carbocycles. The zero-order valence-corrected chi connectivity index (χ0v) is 12.9. The molecule has 4 N–H and O–H groups in total. The Kier molecular flexibility index (Phi) is 5.39. The Balaban J connectivity index is 3.00. The highest BCUT2D eigenvalue weighted by Gasteiger charge is 2.22. The minimum atomic E-state index is -0.0466. The van der Waals surface area contributed by atoms with Crippen LogP contribution in [0.2, 0.25) is 0 Å². The van der Waals surface area contributed by atoms with Crippen LogP contribution in [0.1, 0.15) is 57.2 Å². The predicted octanol–water partition coefficient (Wildman–Crippen LogP) is 3.19. The van der Waals surface area contributed by atoms with Crippen molar-refractivity contribution in [1.82, 2.24) is 0 Å². The third-order valence-corrected chi connectivity index (χ3v) is 3.65. The second kappa shape index (κ2) is 6.40. The predicted molar refractivity (Wildman–Crippen MR) is 81.5 cm³/mol. The van der Waals surface area contributed by atoms with Gasteiger partial charge in [0.25, 0.3) is 0 Å². The van der Waals surface area contributed by atoms with Gasteiger partial charge < -0.3 is 16.2 Å². The molecule has 0 aliphatic carbocycles. The van der Waals surface area contributed by atoms with Crippen LogP contribution in [0.3, 0.4) is 0 Å². The largest absolute Gasteiger partial charge is 0.496 e. The molecule has 1 aromatic carbocycles. The van der Waals surface area contributed by atoms with Gasteiger partial charge >= 0.3 is 0 Å². The van der Waals surface area contributed by atoms with Crippen molar-refractivity contribution in [3.8, 4) is 5.75 Å². The van der Waals surface area contributed by atoms with Crippen LogP contribution >= 0.6 is 0 Å². The highest BCUT2D eigenvalue weighted by atomic mass is 16.5. The summed E-state index contributed by atoms with van der Waals surface area (Å²) in [6.45, 7) is 9.26. The molecule has 0 amide bonds. The molecule has 0 aromatic heterocycles. The van der Waals surface area contributed by atoms with E-state index >= 15 is 0 Å². The van der Waals surface area contributed by atoms with Gasteiger partial charge in [0, 0.05) is 11.6 Å². The molecular formula is C16H28N2O. The first-order valence-corrected chi connectivity index (χ1v) is 6.94. The maximum absolute atomic E-state index is 6.32. The molecule has 0 bridgehead atoms. The Morgan fingerprint density at radius 3 is 2.37 bits per heavy atom. The monoisotopic (exact) mass is 264 g/mol. The summed E-state index contributed by atoms with van der Waals surface area (Å²) in [6.07, 6.45) is 0.848. The van der Waals surface area contributed by atoms with Gasteiger partial charge in [0.15, 0.2) is 0 Å². The lowest BCUT2D eigenvalue weighted by atomic mass is 9.83. The SMILES string of the molecule is COc1cc(C(C)C)ccc1C(N)CC(C)(C)CN. The summed E-state index contributed by atoms with van der Waals surface area (Å²) in [5, 5.41) is 0. The van der Waals surface area contributed by atoms with Gasteiger partial charge in [0.1, 0.15) is 5.75 Å². The maximum atomic E-state index is 6.32. The smallest absolute Gasteiger partial charge is 0.123 e. The Morgan fingerprint density at radius 2 is 1.89 bits per heavy atom. The molecule has 0 spiro atoms. The van der Waals surface area contributed by atoms with E-state index in [0.717, 1.165) is 17.7 Å². The van der Waals surface area contributed by atoms with E-state index in [1.165, 1.54) is 5.56 Å². The lowest BCUT2D eigenvalue weighted by molar-refractivity contribution is 0.312. The number of benzene rings is 1. The van der Waals surface area contributed by atoms with Gasteiger partial charge in [-0.25, -0.2) is 0 Å². The standard InChI is InChI=1S/C16H28N2O/c1-11(2)12-6-7-13(15(8-12)19-5)14(18)9-16(3,4)10-17/h6-8,11,14H,9-10,17-18H2,1-5H3. The third-order valence-electron chi connectivity index (χ3n) is 3.65. The normalized spacial score (nSPS) is 13.7. The molecular weight excluding hydrogens is 236 g/mol. The molecule has 1 atom stereocenters. The Hall–Kier alpha value is -1.06. The first kappa shape index (κ1) is 16.0. The Morgan fingerprint density at radius 1 is 1.26 bits per heavy atom. The summed E-state index contributed by atoms with van der Waals surface area (Å²) in [4.78, 5) is 0. The van der Waals surface area contributed by atoms with E-state index in [-0.39, 0.29) is 11.5 Å². The van der Waals surface area contributed by atoms with E-state index < -0.39 is 0 Å². The number of nitrogens with two attached hydrogens (primary N) is 2. The number of methoxy groups -OCH3 is 1. The van der Waals surface area contributed by atoms with Crippen molar-refractivity contribution in [2.24, 2.45) is 16.9 Å². The summed E-state index contributed by atoms with van der Waals surface area (Å²) in [5.74, 6) is 1.37. The molecule has 1 rings (SSSR count). The van der Waals surface area contributed by atoms with Crippen LogP contribution in [0.25, 0.3) is 0 Å². The van der Waals surface area contributed by atoms with Gasteiger partial charge in [-0.15, -0.1) is 0 Å². The summed E-state index contributed by atoms with van der Waals surface area (Å²) >= 11 is 0. The molecule has 3 heteroatoms. The topological polar surface area (TPSA) is 61.3 Å². The van der Waals surface area contributed by atoms with Gasteiger partial charge in [0.05, 0.1) is 7.11 Å². The summed E-state index contributed by atoms with van der Waals surface area (Å²) < 4.78 is 5.49. The molecule has 1 unspecified atom stereocenters. The molecule has 3 nitrogen and oxygen atoms in total. The third kappa shape index (κ3) is 4.22. The van der Waals surface area contributed by atoms with E-state index in [9.17, 15) is 0 Å². The lowest BCUT2D eigenvalue weighted by Crippen LogP contribution is -2.28. The van der Waals surface area contributed by atoms with Crippen molar-refractivity contribution in [2.75, 3.05) is 13.7 Å². The van der Waals surface area contributed by atoms with Crippen LogP contribution in [-0.2, 0) is 0 Å². The minimum Gasteiger partial charge on any atom is -0.496 e. The van der Waals surface area contributed by atoms with E-state index in [1.807, 2.05) is 0 Å². The molecule has 108 valence electrons. The molecule has 0 aliphatic heterocycles. The van der Waals surface area contributed by atoms with Gasteiger partial charge in [0.2, 0.25) is 0 Å². The fourth-order valence-electron chi connectivity index (χ4n) is 2.18. The van der Waals surface area contributed by atoms with Crippen LogP contribution in [0.5, 0.6) is 5.75 Å². The fraction of sp³-hybridized carbons (Fsp3) is 0.625. The second-order valence-corrected chi connectivity index (χ2v) is 6.34. The van der Waals surface area contributed by atoms with E-state index in [0.29, 0.717) is 12.5 Å².